The molecule has 1 aliphatic heterocycles. The summed E-state index contributed by atoms with van der Waals surface area (Å²) in [5.41, 5.74) is 0. The summed E-state index contributed by atoms with van der Waals surface area (Å²) < 4.78 is 25.9. The molecule has 12 heavy (non-hydrogen) atoms. The number of carboxylic acid groups (broad SMARTS) is 1. The van der Waals surface area contributed by atoms with Crippen molar-refractivity contribution >= 4 is 5.97 Å². The van der Waals surface area contributed by atoms with Gasteiger partial charge in [-0.25, -0.2) is 8.78 Å². The Bertz CT molecular complexity index is 196. The summed E-state index contributed by atoms with van der Waals surface area (Å²) in [6.07, 6.45) is 0.0266. The summed E-state index contributed by atoms with van der Waals surface area (Å²) in [7, 11) is 1.56. The third-order valence-electron chi connectivity index (χ3n) is 2.09. The van der Waals surface area contributed by atoms with Crippen molar-refractivity contribution in [3.63, 3.8) is 0 Å². The van der Waals surface area contributed by atoms with Gasteiger partial charge in [-0.05, 0) is 20.0 Å². The van der Waals surface area contributed by atoms with Crippen molar-refractivity contribution in [2.75, 3.05) is 20.1 Å². The topological polar surface area (TPSA) is 40.5 Å². The van der Waals surface area contributed by atoms with Crippen molar-refractivity contribution in [2.24, 2.45) is 5.92 Å². The number of aliphatic carboxylic acids is 1. The van der Waals surface area contributed by atoms with E-state index in [-0.39, 0.29) is 6.42 Å². The quantitative estimate of drug-likeness (QED) is 0.642. The maximum Gasteiger partial charge on any atom is 0.312 e. The second-order valence-electron chi connectivity index (χ2n) is 3.18. The van der Waals surface area contributed by atoms with Crippen LogP contribution < -0.4 is 0 Å². The van der Waals surface area contributed by atoms with E-state index in [0.29, 0.717) is 6.54 Å². The van der Waals surface area contributed by atoms with E-state index in [0.717, 1.165) is 0 Å². The van der Waals surface area contributed by atoms with Crippen molar-refractivity contribution in [1.29, 1.82) is 0 Å². The number of alkyl halides is 2. The van der Waals surface area contributed by atoms with E-state index in [1.807, 2.05) is 0 Å². The zero-order chi connectivity index (χ0) is 9.35. The molecular weight excluding hydrogens is 168 g/mol. The number of likely N-dealkylation sites (tertiary alicyclic amines) is 1. The first kappa shape index (κ1) is 9.38. The minimum Gasteiger partial charge on any atom is -0.481 e. The highest BCUT2D eigenvalue weighted by atomic mass is 19.3. The second kappa shape index (κ2) is 2.97. The highest BCUT2D eigenvalue weighted by Gasteiger charge is 2.47. The van der Waals surface area contributed by atoms with Gasteiger partial charge in [-0.15, -0.1) is 0 Å². The number of hydrogen-bond donors (Lipinski definition) is 1. The number of halogens is 2. The fourth-order valence-corrected chi connectivity index (χ4v) is 1.41. The van der Waals surface area contributed by atoms with Crippen LogP contribution in [0, 0.1) is 5.92 Å². The van der Waals surface area contributed by atoms with Crippen molar-refractivity contribution in [1.82, 2.24) is 4.90 Å². The molecule has 0 amide bonds. The van der Waals surface area contributed by atoms with Crippen LogP contribution in [-0.2, 0) is 4.79 Å². The minimum atomic E-state index is -3.08. The highest BCUT2D eigenvalue weighted by Crippen LogP contribution is 2.32. The first-order valence-electron chi connectivity index (χ1n) is 3.72. The fourth-order valence-electron chi connectivity index (χ4n) is 1.41. The Balaban J connectivity index is 2.70. The van der Waals surface area contributed by atoms with Gasteiger partial charge in [0.15, 0.2) is 0 Å². The predicted octanol–water partition coefficient (Wildman–Crippen LogP) is 0.658. The Hall–Kier alpha value is -0.710. The lowest BCUT2D eigenvalue weighted by Gasteiger charge is -2.33. The van der Waals surface area contributed by atoms with Gasteiger partial charge in [-0.2, -0.15) is 0 Å². The summed E-state index contributed by atoms with van der Waals surface area (Å²) in [5, 5.41) is 8.46. The molecule has 0 aromatic carbocycles. The standard InChI is InChI=1S/C7H11F2NO2/c1-10-3-2-5(6(11)12)7(8,9)4-10/h5H,2-4H2,1H3,(H,11,12). The van der Waals surface area contributed by atoms with Crippen LogP contribution in [0.1, 0.15) is 6.42 Å². The molecule has 0 aromatic heterocycles. The lowest BCUT2D eigenvalue weighted by atomic mass is 9.93. The maximum atomic E-state index is 12.9. The van der Waals surface area contributed by atoms with E-state index in [1.165, 1.54) is 4.90 Å². The van der Waals surface area contributed by atoms with E-state index < -0.39 is 24.4 Å². The Kier molecular flexibility index (Phi) is 2.32. The number of carbonyl (C=O) groups is 1. The molecule has 1 rings (SSSR count). The van der Waals surface area contributed by atoms with Gasteiger partial charge in [0.25, 0.3) is 5.92 Å². The van der Waals surface area contributed by atoms with Crippen LogP contribution in [0.5, 0.6) is 0 Å². The lowest BCUT2D eigenvalue weighted by molar-refractivity contribution is -0.165. The summed E-state index contributed by atoms with van der Waals surface area (Å²) in [6, 6.07) is 0. The van der Waals surface area contributed by atoms with E-state index in [9.17, 15) is 13.6 Å². The molecule has 0 aromatic rings. The Morgan fingerprint density at radius 3 is 2.67 bits per heavy atom. The van der Waals surface area contributed by atoms with E-state index in [1.54, 1.807) is 7.05 Å². The van der Waals surface area contributed by atoms with Gasteiger partial charge in [0, 0.05) is 0 Å². The third kappa shape index (κ3) is 1.72. The summed E-state index contributed by atoms with van der Waals surface area (Å²) in [4.78, 5) is 11.8. The SMILES string of the molecule is CN1CCC(C(=O)O)C(F)(F)C1. The normalized spacial score (nSPS) is 30.1. The molecule has 1 saturated heterocycles. The number of carboxylic acids is 1. The number of nitrogens with zero attached hydrogens (tertiary/aromatic N) is 1. The van der Waals surface area contributed by atoms with E-state index >= 15 is 0 Å². The summed E-state index contributed by atoms with van der Waals surface area (Å²) in [6.45, 7) is -0.0312. The molecule has 1 aliphatic rings. The summed E-state index contributed by atoms with van der Waals surface area (Å²) in [5.74, 6) is -5.99. The average molecular weight is 179 g/mol. The van der Waals surface area contributed by atoms with Crippen LogP contribution in [0.4, 0.5) is 8.78 Å². The summed E-state index contributed by atoms with van der Waals surface area (Å²) >= 11 is 0. The lowest BCUT2D eigenvalue weighted by Crippen LogP contribution is -2.49. The Morgan fingerprint density at radius 1 is 1.67 bits per heavy atom. The van der Waals surface area contributed by atoms with Crippen molar-refractivity contribution in [3.05, 3.63) is 0 Å². The number of rotatable bonds is 1. The van der Waals surface area contributed by atoms with E-state index in [2.05, 4.69) is 0 Å². The van der Waals surface area contributed by atoms with Gasteiger partial charge in [0.1, 0.15) is 5.92 Å². The molecule has 1 N–H and O–H groups in total. The van der Waals surface area contributed by atoms with Crippen LogP contribution in [0.15, 0.2) is 0 Å². The third-order valence-corrected chi connectivity index (χ3v) is 2.09. The molecule has 0 saturated carbocycles. The van der Waals surface area contributed by atoms with Gasteiger partial charge >= 0.3 is 5.97 Å². The van der Waals surface area contributed by atoms with Crippen LogP contribution >= 0.6 is 0 Å². The number of piperidine rings is 1. The predicted molar refractivity (Wildman–Crippen MR) is 38.2 cm³/mol. The molecule has 0 bridgehead atoms. The zero-order valence-corrected chi connectivity index (χ0v) is 6.76. The first-order valence-corrected chi connectivity index (χ1v) is 3.72. The highest BCUT2D eigenvalue weighted by molar-refractivity contribution is 5.71. The number of hydrogen-bond acceptors (Lipinski definition) is 2. The second-order valence-corrected chi connectivity index (χ2v) is 3.18. The van der Waals surface area contributed by atoms with Crippen molar-refractivity contribution in [2.45, 2.75) is 12.3 Å². The van der Waals surface area contributed by atoms with Crippen LogP contribution in [-0.4, -0.2) is 42.0 Å². The van der Waals surface area contributed by atoms with Gasteiger partial charge < -0.3 is 10.0 Å². The Morgan fingerprint density at radius 2 is 2.25 bits per heavy atom. The molecule has 1 unspecified atom stereocenters. The molecule has 1 atom stereocenters. The van der Waals surface area contributed by atoms with Gasteiger partial charge in [-0.1, -0.05) is 0 Å². The molecule has 1 heterocycles. The average Bonchev–Trinajstić information content (AvgIpc) is 1.82. The monoisotopic (exact) mass is 179 g/mol. The molecule has 0 spiro atoms. The van der Waals surface area contributed by atoms with Crippen LogP contribution in [0.25, 0.3) is 0 Å². The van der Waals surface area contributed by atoms with Crippen LogP contribution in [0.2, 0.25) is 0 Å². The largest absolute Gasteiger partial charge is 0.481 e. The minimum absolute atomic E-state index is 0.0266. The van der Waals surface area contributed by atoms with Crippen molar-refractivity contribution in [3.8, 4) is 0 Å². The van der Waals surface area contributed by atoms with Gasteiger partial charge in [0.2, 0.25) is 0 Å². The zero-order valence-electron chi connectivity index (χ0n) is 6.76. The van der Waals surface area contributed by atoms with E-state index in [4.69, 9.17) is 5.11 Å². The molecule has 1 fully saturated rings. The molecule has 3 nitrogen and oxygen atoms in total. The molecule has 70 valence electrons. The molecule has 0 aliphatic carbocycles. The molecular formula is C7H11F2NO2. The first-order chi connectivity index (χ1) is 5.43. The van der Waals surface area contributed by atoms with Crippen LogP contribution in [0.3, 0.4) is 0 Å². The molecule has 5 heteroatoms. The smallest absolute Gasteiger partial charge is 0.312 e. The van der Waals surface area contributed by atoms with Gasteiger partial charge in [-0.3, -0.25) is 4.79 Å². The van der Waals surface area contributed by atoms with Crippen molar-refractivity contribution < 1.29 is 18.7 Å². The Labute approximate surface area is 69.0 Å². The fraction of sp³-hybridized carbons (Fsp3) is 0.857. The molecule has 0 radical (unpaired) electrons. The maximum absolute atomic E-state index is 12.9. The van der Waals surface area contributed by atoms with Gasteiger partial charge in [0.05, 0.1) is 6.54 Å².